The van der Waals surface area contributed by atoms with Gasteiger partial charge in [-0.25, -0.2) is 0 Å². The molecule has 1 spiro atoms. The lowest BCUT2D eigenvalue weighted by Gasteiger charge is -2.35. The smallest absolute Gasteiger partial charge is 0.250 e. The predicted octanol–water partition coefficient (Wildman–Crippen LogP) is 2.17. The van der Waals surface area contributed by atoms with Crippen molar-refractivity contribution in [1.82, 2.24) is 10.2 Å². The summed E-state index contributed by atoms with van der Waals surface area (Å²) in [5, 5.41) is 6.39. The molecule has 27 heavy (non-hydrogen) atoms. The maximum Gasteiger partial charge on any atom is 0.250 e. The Balaban J connectivity index is 1.95. The molecule has 6 heteroatoms. The van der Waals surface area contributed by atoms with E-state index in [1.165, 1.54) is 4.90 Å². The van der Waals surface area contributed by atoms with Crippen molar-refractivity contribution in [2.24, 2.45) is 17.8 Å². The quantitative estimate of drug-likeness (QED) is 0.744. The summed E-state index contributed by atoms with van der Waals surface area (Å²) in [6, 6.07) is 5.53. The van der Waals surface area contributed by atoms with Crippen molar-refractivity contribution < 1.29 is 14.4 Å². The molecule has 0 bridgehead atoms. The zero-order valence-corrected chi connectivity index (χ0v) is 16.7. The summed E-state index contributed by atoms with van der Waals surface area (Å²) < 4.78 is 0. The molecule has 0 unspecified atom stereocenters. The van der Waals surface area contributed by atoms with Crippen LogP contribution in [0.3, 0.4) is 0 Å². The van der Waals surface area contributed by atoms with E-state index in [1.54, 1.807) is 0 Å². The van der Waals surface area contributed by atoms with Gasteiger partial charge < -0.3 is 5.32 Å². The van der Waals surface area contributed by atoms with Crippen LogP contribution in [0, 0.1) is 24.7 Å². The molecule has 144 valence electrons. The summed E-state index contributed by atoms with van der Waals surface area (Å²) in [6.45, 7) is 11.6. The largest absolute Gasteiger partial charge is 0.324 e. The summed E-state index contributed by atoms with van der Waals surface area (Å²) in [5.74, 6) is -1.81. The summed E-state index contributed by atoms with van der Waals surface area (Å²) in [5.41, 5.74) is 0.707. The fourth-order valence-corrected chi connectivity index (χ4v) is 5.08. The zero-order valence-electron chi connectivity index (χ0n) is 16.7. The number of benzene rings is 1. The highest BCUT2D eigenvalue weighted by Gasteiger charge is 2.71. The van der Waals surface area contributed by atoms with Gasteiger partial charge in [-0.05, 0) is 39.7 Å². The van der Waals surface area contributed by atoms with E-state index < -0.39 is 22.9 Å². The van der Waals surface area contributed by atoms with E-state index in [-0.39, 0.29) is 29.7 Å². The molecule has 0 saturated carbocycles. The van der Waals surface area contributed by atoms with Crippen molar-refractivity contribution in [2.75, 3.05) is 5.32 Å². The molecular weight excluding hydrogens is 342 g/mol. The third kappa shape index (κ3) is 2.19. The maximum absolute atomic E-state index is 13.5. The van der Waals surface area contributed by atoms with E-state index in [2.05, 4.69) is 10.6 Å². The Morgan fingerprint density at radius 1 is 1.11 bits per heavy atom. The number of carbonyl (C=O) groups excluding carboxylic acids is 3. The first-order chi connectivity index (χ1) is 12.5. The van der Waals surface area contributed by atoms with Crippen molar-refractivity contribution in [3.05, 3.63) is 29.3 Å². The molecule has 6 nitrogen and oxygen atoms in total. The van der Waals surface area contributed by atoms with Crippen molar-refractivity contribution in [2.45, 2.75) is 58.7 Å². The van der Waals surface area contributed by atoms with E-state index in [4.69, 9.17) is 0 Å². The highest BCUT2D eigenvalue weighted by molar-refractivity contribution is 6.15. The minimum atomic E-state index is -1.19. The van der Waals surface area contributed by atoms with Crippen LogP contribution in [-0.4, -0.2) is 34.2 Å². The number of aryl methyl sites for hydroxylation is 1. The minimum absolute atomic E-state index is 0.107. The molecule has 0 aromatic heterocycles. The van der Waals surface area contributed by atoms with Crippen LogP contribution >= 0.6 is 0 Å². The molecule has 0 aliphatic carbocycles. The second-order valence-corrected chi connectivity index (χ2v) is 9.41. The normalized spacial score (nSPS) is 32.5. The van der Waals surface area contributed by atoms with Gasteiger partial charge in [0.15, 0.2) is 0 Å². The van der Waals surface area contributed by atoms with Gasteiger partial charge in [0.1, 0.15) is 5.54 Å². The van der Waals surface area contributed by atoms with E-state index in [0.717, 1.165) is 16.8 Å². The molecule has 0 radical (unpaired) electrons. The van der Waals surface area contributed by atoms with Crippen LogP contribution in [0.2, 0.25) is 0 Å². The summed E-state index contributed by atoms with van der Waals surface area (Å²) in [7, 11) is 0. The average molecular weight is 369 g/mol. The van der Waals surface area contributed by atoms with E-state index in [0.29, 0.717) is 0 Å². The second-order valence-electron chi connectivity index (χ2n) is 9.41. The van der Waals surface area contributed by atoms with Crippen LogP contribution in [0.1, 0.15) is 45.7 Å². The molecular formula is C21H27N3O3. The number of imide groups is 1. The van der Waals surface area contributed by atoms with Gasteiger partial charge in [0, 0.05) is 22.8 Å². The summed E-state index contributed by atoms with van der Waals surface area (Å²) in [4.78, 5) is 41.4. The number of carbonyl (C=O) groups is 3. The maximum atomic E-state index is 13.5. The van der Waals surface area contributed by atoms with Crippen LogP contribution in [0.25, 0.3) is 0 Å². The number of hydrogen-bond acceptors (Lipinski definition) is 4. The first-order valence-electron chi connectivity index (χ1n) is 9.58. The van der Waals surface area contributed by atoms with Crippen LogP contribution in [0.15, 0.2) is 18.2 Å². The Bertz CT molecular complexity index is 870. The third-order valence-electron chi connectivity index (χ3n) is 6.19. The molecule has 3 heterocycles. The van der Waals surface area contributed by atoms with Gasteiger partial charge in [0.25, 0.3) is 0 Å². The fourth-order valence-electron chi connectivity index (χ4n) is 5.08. The van der Waals surface area contributed by atoms with Crippen LogP contribution in [0.4, 0.5) is 5.69 Å². The SMILES string of the molecule is Cc1ccc2c(c1)[C@]1(N[C@H](C(C)C)[C@H]3C(=O)N(C(C)(C)C)C(=O)[C@H]31)C(=O)N2. The number of hydrogen-bond donors (Lipinski definition) is 2. The number of amides is 3. The highest BCUT2D eigenvalue weighted by Crippen LogP contribution is 2.54. The fraction of sp³-hybridized carbons (Fsp3) is 0.571. The standard InChI is InChI=1S/C21H27N3O3/c1-10(2)16-14-15(18(26)24(17(14)25)20(4,5)6)21(23-16)12-9-11(3)7-8-13(12)22-19(21)27/h7-10,14-16,23H,1-6H3,(H,22,27)/t14-,15-,16+,21+/m0/s1. The molecule has 2 N–H and O–H groups in total. The summed E-state index contributed by atoms with van der Waals surface area (Å²) >= 11 is 0. The van der Waals surface area contributed by atoms with Gasteiger partial charge in [-0.2, -0.15) is 0 Å². The molecule has 3 aliphatic heterocycles. The number of nitrogens with zero attached hydrogens (tertiary/aromatic N) is 1. The number of fused-ring (bicyclic) bond motifs is 4. The van der Waals surface area contributed by atoms with Crippen molar-refractivity contribution in [1.29, 1.82) is 0 Å². The third-order valence-corrected chi connectivity index (χ3v) is 6.19. The number of likely N-dealkylation sites (tertiary alicyclic amines) is 1. The Labute approximate surface area is 159 Å². The molecule has 1 aromatic rings. The predicted molar refractivity (Wildman–Crippen MR) is 102 cm³/mol. The zero-order chi connectivity index (χ0) is 19.9. The molecule has 4 rings (SSSR count). The number of anilines is 1. The van der Waals surface area contributed by atoms with Gasteiger partial charge in [-0.15, -0.1) is 0 Å². The van der Waals surface area contributed by atoms with Gasteiger partial charge in [0.2, 0.25) is 17.7 Å². The Morgan fingerprint density at radius 2 is 1.78 bits per heavy atom. The van der Waals surface area contributed by atoms with Gasteiger partial charge in [-0.3, -0.25) is 24.6 Å². The lowest BCUT2D eigenvalue weighted by Crippen LogP contribution is -2.56. The molecule has 2 saturated heterocycles. The average Bonchev–Trinajstić information content (AvgIpc) is 3.13. The van der Waals surface area contributed by atoms with Crippen molar-refractivity contribution in [3.63, 3.8) is 0 Å². The molecule has 4 atom stereocenters. The van der Waals surface area contributed by atoms with Gasteiger partial charge in [0.05, 0.1) is 11.8 Å². The number of nitrogens with one attached hydrogen (secondary N) is 2. The van der Waals surface area contributed by atoms with Gasteiger partial charge >= 0.3 is 0 Å². The molecule has 3 amide bonds. The summed E-state index contributed by atoms with van der Waals surface area (Å²) in [6.07, 6.45) is 0. The Hall–Kier alpha value is -2.21. The van der Waals surface area contributed by atoms with Crippen LogP contribution < -0.4 is 10.6 Å². The van der Waals surface area contributed by atoms with E-state index in [1.807, 2.05) is 59.7 Å². The lowest BCUT2D eigenvalue weighted by atomic mass is 9.75. The lowest BCUT2D eigenvalue weighted by molar-refractivity contribution is -0.148. The van der Waals surface area contributed by atoms with Crippen LogP contribution in [0.5, 0.6) is 0 Å². The van der Waals surface area contributed by atoms with Crippen molar-refractivity contribution in [3.8, 4) is 0 Å². The topological polar surface area (TPSA) is 78.5 Å². The van der Waals surface area contributed by atoms with E-state index >= 15 is 0 Å². The molecule has 1 aromatic carbocycles. The number of rotatable bonds is 1. The minimum Gasteiger partial charge on any atom is -0.324 e. The van der Waals surface area contributed by atoms with E-state index in [9.17, 15) is 14.4 Å². The first kappa shape index (κ1) is 18.2. The first-order valence-corrected chi connectivity index (χ1v) is 9.58. The van der Waals surface area contributed by atoms with Gasteiger partial charge in [-0.1, -0.05) is 31.5 Å². The Kier molecular flexibility index (Phi) is 3.64. The second kappa shape index (κ2) is 5.41. The monoisotopic (exact) mass is 369 g/mol. The molecule has 2 fully saturated rings. The van der Waals surface area contributed by atoms with Crippen molar-refractivity contribution >= 4 is 23.4 Å². The molecule has 3 aliphatic rings. The highest BCUT2D eigenvalue weighted by atomic mass is 16.2. The van der Waals surface area contributed by atoms with Crippen LogP contribution in [-0.2, 0) is 19.9 Å². The Morgan fingerprint density at radius 3 is 2.37 bits per heavy atom.